The highest BCUT2D eigenvalue weighted by molar-refractivity contribution is 5.64. The Morgan fingerprint density at radius 3 is 2.67 bits per heavy atom. The van der Waals surface area contributed by atoms with Crippen molar-refractivity contribution in [3.8, 4) is 29.0 Å². The highest BCUT2D eigenvalue weighted by Crippen LogP contribution is 2.41. The number of aryl methyl sites for hydroxylation is 2. The van der Waals surface area contributed by atoms with Crippen molar-refractivity contribution in [2.24, 2.45) is 0 Å². The predicted octanol–water partition coefficient (Wildman–Crippen LogP) is 4.28. The van der Waals surface area contributed by atoms with Crippen molar-refractivity contribution in [1.29, 1.82) is 5.26 Å². The molecular formula is C21H19N5O. The highest BCUT2D eigenvalue weighted by atomic mass is 16.5. The first-order chi connectivity index (χ1) is 13.0. The SMILES string of the molecule is Cc1cc(C2CC2)nc(C)c1Oc1nc(-c2cncc(C#N)c2)ccc1N. The minimum Gasteiger partial charge on any atom is -0.435 e. The molecule has 6 heteroatoms. The van der Waals surface area contributed by atoms with Crippen LogP contribution in [0.2, 0.25) is 0 Å². The number of ether oxygens (including phenoxy) is 1. The topological polar surface area (TPSA) is 97.7 Å². The van der Waals surface area contributed by atoms with Crippen LogP contribution >= 0.6 is 0 Å². The predicted molar refractivity (Wildman–Crippen MR) is 102 cm³/mol. The fourth-order valence-corrected chi connectivity index (χ4v) is 3.02. The fraction of sp³-hybridized carbons (Fsp3) is 0.238. The Labute approximate surface area is 157 Å². The van der Waals surface area contributed by atoms with E-state index in [4.69, 9.17) is 15.7 Å². The lowest BCUT2D eigenvalue weighted by molar-refractivity contribution is 0.455. The second-order valence-corrected chi connectivity index (χ2v) is 6.82. The lowest BCUT2D eigenvalue weighted by atomic mass is 10.1. The van der Waals surface area contributed by atoms with Crippen molar-refractivity contribution in [3.63, 3.8) is 0 Å². The van der Waals surface area contributed by atoms with Gasteiger partial charge in [-0.25, -0.2) is 4.98 Å². The number of nitriles is 1. The Hall–Kier alpha value is -3.46. The maximum Gasteiger partial charge on any atom is 0.243 e. The summed E-state index contributed by atoms with van der Waals surface area (Å²) < 4.78 is 6.06. The Morgan fingerprint density at radius 2 is 1.96 bits per heavy atom. The molecule has 4 rings (SSSR count). The third-order valence-electron chi connectivity index (χ3n) is 4.60. The summed E-state index contributed by atoms with van der Waals surface area (Å²) in [4.78, 5) is 13.3. The van der Waals surface area contributed by atoms with Crippen LogP contribution in [-0.2, 0) is 0 Å². The minimum atomic E-state index is 0.321. The molecule has 6 nitrogen and oxygen atoms in total. The van der Waals surface area contributed by atoms with Crippen molar-refractivity contribution in [1.82, 2.24) is 15.0 Å². The molecule has 1 fully saturated rings. The Morgan fingerprint density at radius 1 is 1.15 bits per heavy atom. The second-order valence-electron chi connectivity index (χ2n) is 6.82. The molecule has 0 aromatic carbocycles. The van der Waals surface area contributed by atoms with Crippen molar-refractivity contribution in [3.05, 3.63) is 59.2 Å². The van der Waals surface area contributed by atoms with Gasteiger partial charge in [0.05, 0.1) is 22.6 Å². The largest absolute Gasteiger partial charge is 0.435 e. The molecular weight excluding hydrogens is 338 g/mol. The molecule has 27 heavy (non-hydrogen) atoms. The van der Waals surface area contributed by atoms with E-state index in [1.807, 2.05) is 13.8 Å². The van der Waals surface area contributed by atoms with E-state index in [2.05, 4.69) is 27.1 Å². The summed E-state index contributed by atoms with van der Waals surface area (Å²) in [5, 5.41) is 9.07. The molecule has 1 saturated carbocycles. The van der Waals surface area contributed by atoms with E-state index in [-0.39, 0.29) is 0 Å². The van der Waals surface area contributed by atoms with Crippen LogP contribution in [0.5, 0.6) is 11.6 Å². The van der Waals surface area contributed by atoms with Gasteiger partial charge in [-0.2, -0.15) is 5.26 Å². The summed E-state index contributed by atoms with van der Waals surface area (Å²) in [5.74, 6) is 1.59. The van der Waals surface area contributed by atoms with E-state index < -0.39 is 0 Å². The van der Waals surface area contributed by atoms with Crippen molar-refractivity contribution >= 4 is 5.69 Å². The van der Waals surface area contributed by atoms with Crippen LogP contribution in [-0.4, -0.2) is 15.0 Å². The molecule has 3 aromatic heterocycles. The first kappa shape index (κ1) is 17.0. The van der Waals surface area contributed by atoms with Crippen molar-refractivity contribution in [2.75, 3.05) is 5.73 Å². The van der Waals surface area contributed by atoms with Gasteiger partial charge in [-0.05, 0) is 56.5 Å². The molecule has 0 atom stereocenters. The summed E-state index contributed by atoms with van der Waals surface area (Å²) in [6.07, 6.45) is 5.58. The quantitative estimate of drug-likeness (QED) is 0.748. The standard InChI is InChI=1S/C21H19N5O/c1-12-7-19(15-3-4-15)25-13(2)20(12)27-21-17(23)5-6-18(26-21)16-8-14(9-22)10-24-11-16/h5-8,10-11,15H,3-4,23H2,1-2H3. The van der Waals surface area contributed by atoms with Crippen LogP contribution in [0.15, 0.2) is 36.7 Å². The summed E-state index contributed by atoms with van der Waals surface area (Å²) in [6, 6.07) is 9.43. The summed E-state index contributed by atoms with van der Waals surface area (Å²) in [6.45, 7) is 3.95. The van der Waals surface area contributed by atoms with E-state index in [1.54, 1.807) is 24.4 Å². The van der Waals surface area contributed by atoms with Crippen LogP contribution in [0, 0.1) is 25.2 Å². The Balaban J connectivity index is 1.69. The maximum absolute atomic E-state index is 9.07. The molecule has 2 N–H and O–H groups in total. The van der Waals surface area contributed by atoms with Gasteiger partial charge >= 0.3 is 0 Å². The van der Waals surface area contributed by atoms with Gasteiger partial charge < -0.3 is 10.5 Å². The van der Waals surface area contributed by atoms with Gasteiger partial charge in [0, 0.05) is 29.6 Å². The molecule has 134 valence electrons. The van der Waals surface area contributed by atoms with Crippen LogP contribution in [0.25, 0.3) is 11.3 Å². The van der Waals surface area contributed by atoms with Gasteiger partial charge in [0.2, 0.25) is 5.88 Å². The lowest BCUT2D eigenvalue weighted by Gasteiger charge is -2.14. The molecule has 1 aliphatic carbocycles. The van der Waals surface area contributed by atoms with Crippen LogP contribution in [0.1, 0.15) is 41.3 Å². The molecule has 0 unspecified atom stereocenters. The van der Waals surface area contributed by atoms with Gasteiger partial charge in [0.25, 0.3) is 0 Å². The van der Waals surface area contributed by atoms with Crippen LogP contribution in [0.3, 0.4) is 0 Å². The van der Waals surface area contributed by atoms with Gasteiger partial charge in [-0.1, -0.05) is 0 Å². The molecule has 0 bridgehead atoms. The smallest absolute Gasteiger partial charge is 0.243 e. The minimum absolute atomic E-state index is 0.321. The molecule has 0 saturated heterocycles. The molecule has 0 aliphatic heterocycles. The average Bonchev–Trinajstić information content (AvgIpc) is 3.51. The van der Waals surface area contributed by atoms with Crippen LogP contribution < -0.4 is 10.5 Å². The Bertz CT molecular complexity index is 1040. The first-order valence-corrected chi connectivity index (χ1v) is 8.83. The maximum atomic E-state index is 9.07. The number of aromatic nitrogens is 3. The number of anilines is 1. The zero-order chi connectivity index (χ0) is 19.0. The number of hydrogen-bond donors (Lipinski definition) is 1. The zero-order valence-corrected chi connectivity index (χ0v) is 15.2. The Kier molecular flexibility index (Phi) is 4.21. The van der Waals surface area contributed by atoms with Crippen LogP contribution in [0.4, 0.5) is 5.69 Å². The molecule has 3 aromatic rings. The normalized spacial score (nSPS) is 13.2. The molecule has 1 aliphatic rings. The lowest BCUT2D eigenvalue weighted by Crippen LogP contribution is -2.01. The number of pyridine rings is 3. The summed E-state index contributed by atoms with van der Waals surface area (Å²) in [7, 11) is 0. The van der Waals surface area contributed by atoms with E-state index in [9.17, 15) is 0 Å². The fourth-order valence-electron chi connectivity index (χ4n) is 3.02. The number of rotatable bonds is 4. The molecule has 0 radical (unpaired) electrons. The number of nitrogens with two attached hydrogens (primary N) is 1. The zero-order valence-electron chi connectivity index (χ0n) is 15.2. The van der Waals surface area contributed by atoms with Gasteiger partial charge in [-0.3, -0.25) is 9.97 Å². The average molecular weight is 357 g/mol. The number of nitrogen functional groups attached to an aromatic ring is 1. The van der Waals surface area contributed by atoms with E-state index in [1.165, 1.54) is 19.0 Å². The molecule has 3 heterocycles. The highest BCUT2D eigenvalue weighted by Gasteiger charge is 2.26. The number of hydrogen-bond acceptors (Lipinski definition) is 6. The summed E-state index contributed by atoms with van der Waals surface area (Å²) >= 11 is 0. The third kappa shape index (κ3) is 3.44. The van der Waals surface area contributed by atoms with Crippen molar-refractivity contribution in [2.45, 2.75) is 32.6 Å². The van der Waals surface area contributed by atoms with E-state index in [0.717, 1.165) is 22.5 Å². The van der Waals surface area contributed by atoms with Gasteiger partial charge in [0.15, 0.2) is 5.75 Å². The first-order valence-electron chi connectivity index (χ1n) is 8.83. The third-order valence-corrected chi connectivity index (χ3v) is 4.60. The molecule has 0 amide bonds. The van der Waals surface area contributed by atoms with E-state index in [0.29, 0.717) is 34.5 Å². The van der Waals surface area contributed by atoms with Gasteiger partial charge in [0.1, 0.15) is 6.07 Å². The van der Waals surface area contributed by atoms with Crippen molar-refractivity contribution < 1.29 is 4.74 Å². The monoisotopic (exact) mass is 357 g/mol. The van der Waals surface area contributed by atoms with Gasteiger partial charge in [-0.15, -0.1) is 0 Å². The number of nitrogens with zero attached hydrogens (tertiary/aromatic N) is 4. The summed E-state index contributed by atoms with van der Waals surface area (Å²) in [5.41, 5.74) is 11.3. The van der Waals surface area contributed by atoms with E-state index >= 15 is 0 Å². The molecule has 0 spiro atoms. The second kappa shape index (κ2) is 6.69.